The second-order valence-corrected chi connectivity index (χ2v) is 4.09. The van der Waals surface area contributed by atoms with Crippen LogP contribution in [0.2, 0.25) is 0 Å². The summed E-state index contributed by atoms with van der Waals surface area (Å²) in [4.78, 5) is 11.0. The van der Waals surface area contributed by atoms with E-state index in [4.69, 9.17) is 4.74 Å². The fraction of sp³-hybridized carbons (Fsp3) is 0.900. The van der Waals surface area contributed by atoms with Crippen LogP contribution in [0, 0.1) is 5.41 Å². The number of rotatable bonds is 1. The van der Waals surface area contributed by atoms with E-state index in [2.05, 4.69) is 6.92 Å². The third-order valence-corrected chi connectivity index (χ3v) is 3.63. The largest absolute Gasteiger partial charge is 0.462 e. The average molecular weight is 168 g/mol. The maximum absolute atomic E-state index is 11.0. The third-order valence-electron chi connectivity index (χ3n) is 3.63. The monoisotopic (exact) mass is 168 g/mol. The third kappa shape index (κ3) is 1.05. The molecule has 0 spiro atoms. The minimum atomic E-state index is 0.0194. The van der Waals surface area contributed by atoms with Gasteiger partial charge in [0.25, 0.3) is 0 Å². The molecular formula is C10H16O2. The Balaban J connectivity index is 2.15. The van der Waals surface area contributed by atoms with Gasteiger partial charge in [0.15, 0.2) is 0 Å². The van der Waals surface area contributed by atoms with Gasteiger partial charge in [-0.25, -0.2) is 0 Å². The highest BCUT2D eigenvalue weighted by molar-refractivity contribution is 5.70. The van der Waals surface area contributed by atoms with Gasteiger partial charge in [0, 0.05) is 11.8 Å². The van der Waals surface area contributed by atoms with Crippen LogP contribution in [0.5, 0.6) is 0 Å². The fourth-order valence-electron chi connectivity index (χ4n) is 2.73. The summed E-state index contributed by atoms with van der Waals surface area (Å²) in [7, 11) is 0. The molecule has 1 aliphatic heterocycles. The molecule has 0 N–H and O–H groups in total. The smallest absolute Gasteiger partial charge is 0.306 e. The summed E-state index contributed by atoms with van der Waals surface area (Å²) in [6.45, 7) is 2.22. The molecule has 0 aromatic heterocycles. The maximum atomic E-state index is 11.0. The number of carbonyl (C=O) groups excluding carboxylic acids is 1. The molecule has 2 fully saturated rings. The van der Waals surface area contributed by atoms with E-state index < -0.39 is 0 Å². The van der Waals surface area contributed by atoms with E-state index in [0.717, 1.165) is 12.8 Å². The molecule has 0 radical (unpaired) electrons. The van der Waals surface area contributed by atoms with Gasteiger partial charge in [-0.1, -0.05) is 6.92 Å². The molecule has 0 unspecified atom stereocenters. The van der Waals surface area contributed by atoms with Crippen molar-refractivity contribution >= 4 is 5.97 Å². The molecule has 2 nitrogen and oxygen atoms in total. The van der Waals surface area contributed by atoms with Crippen LogP contribution in [0.3, 0.4) is 0 Å². The van der Waals surface area contributed by atoms with Crippen molar-refractivity contribution < 1.29 is 9.53 Å². The summed E-state index contributed by atoms with van der Waals surface area (Å²) in [5, 5.41) is 0. The average Bonchev–Trinajstić information content (AvgIpc) is 2.48. The Hall–Kier alpha value is -0.530. The van der Waals surface area contributed by atoms with Crippen molar-refractivity contribution in [2.45, 2.75) is 51.6 Å². The Morgan fingerprint density at radius 1 is 1.58 bits per heavy atom. The minimum absolute atomic E-state index is 0.0194. The quantitative estimate of drug-likeness (QED) is 0.561. The first-order valence-corrected chi connectivity index (χ1v) is 4.96. The molecule has 2 heteroatoms. The molecule has 2 rings (SSSR count). The second-order valence-electron chi connectivity index (χ2n) is 4.09. The van der Waals surface area contributed by atoms with Gasteiger partial charge in [-0.15, -0.1) is 0 Å². The van der Waals surface area contributed by atoms with Crippen molar-refractivity contribution in [3.8, 4) is 0 Å². The fourth-order valence-corrected chi connectivity index (χ4v) is 2.73. The lowest BCUT2D eigenvalue weighted by Gasteiger charge is -2.37. The Kier molecular flexibility index (Phi) is 1.85. The van der Waals surface area contributed by atoms with Gasteiger partial charge in [-0.05, 0) is 32.1 Å². The first kappa shape index (κ1) is 8.09. The number of hydrogen-bond acceptors (Lipinski definition) is 2. The van der Waals surface area contributed by atoms with Gasteiger partial charge < -0.3 is 4.74 Å². The molecule has 0 bridgehead atoms. The predicted octanol–water partition coefficient (Wildman–Crippen LogP) is 2.27. The molecule has 2 atom stereocenters. The number of carbonyl (C=O) groups is 1. The summed E-state index contributed by atoms with van der Waals surface area (Å²) < 4.78 is 5.37. The molecule has 2 aliphatic rings. The summed E-state index contributed by atoms with van der Waals surface area (Å²) in [6.07, 6.45) is 6.73. The number of esters is 1. The Labute approximate surface area is 73.3 Å². The van der Waals surface area contributed by atoms with Gasteiger partial charge in [-0.2, -0.15) is 0 Å². The predicted molar refractivity (Wildman–Crippen MR) is 45.7 cm³/mol. The van der Waals surface area contributed by atoms with Crippen molar-refractivity contribution in [1.82, 2.24) is 0 Å². The van der Waals surface area contributed by atoms with Crippen LogP contribution in [0.15, 0.2) is 0 Å². The molecule has 1 aliphatic carbocycles. The van der Waals surface area contributed by atoms with E-state index in [1.807, 2.05) is 0 Å². The Morgan fingerprint density at radius 3 is 3.17 bits per heavy atom. The van der Waals surface area contributed by atoms with Crippen molar-refractivity contribution in [1.29, 1.82) is 0 Å². The highest BCUT2D eigenvalue weighted by Crippen LogP contribution is 2.48. The van der Waals surface area contributed by atoms with Gasteiger partial charge in [0.1, 0.15) is 6.10 Å². The lowest BCUT2D eigenvalue weighted by Crippen LogP contribution is -2.38. The standard InChI is InChI=1S/C10H16O2/c1-2-10-6-3-4-8(10)12-9(11)5-7-10/h8H,2-7H2,1H3/t8-,10-/m1/s1. The zero-order chi connectivity index (χ0) is 8.60. The first-order chi connectivity index (χ1) is 5.77. The van der Waals surface area contributed by atoms with Crippen LogP contribution in [0.25, 0.3) is 0 Å². The highest BCUT2D eigenvalue weighted by atomic mass is 16.5. The first-order valence-electron chi connectivity index (χ1n) is 4.96. The van der Waals surface area contributed by atoms with Crippen molar-refractivity contribution in [2.24, 2.45) is 5.41 Å². The molecule has 1 saturated carbocycles. The van der Waals surface area contributed by atoms with E-state index in [9.17, 15) is 4.79 Å². The van der Waals surface area contributed by atoms with Crippen LogP contribution in [-0.4, -0.2) is 12.1 Å². The molecule has 0 amide bonds. The van der Waals surface area contributed by atoms with Crippen LogP contribution in [0.1, 0.15) is 45.4 Å². The highest BCUT2D eigenvalue weighted by Gasteiger charge is 2.46. The van der Waals surface area contributed by atoms with Crippen LogP contribution >= 0.6 is 0 Å². The molecule has 0 aromatic carbocycles. The summed E-state index contributed by atoms with van der Waals surface area (Å²) in [6, 6.07) is 0. The van der Waals surface area contributed by atoms with Gasteiger partial charge in [-0.3, -0.25) is 4.79 Å². The summed E-state index contributed by atoms with van der Waals surface area (Å²) in [5.41, 5.74) is 0.369. The lowest BCUT2D eigenvalue weighted by atomic mass is 9.76. The number of ether oxygens (including phenoxy) is 1. The van der Waals surface area contributed by atoms with E-state index in [1.54, 1.807) is 0 Å². The molecular weight excluding hydrogens is 152 g/mol. The second kappa shape index (κ2) is 2.75. The molecule has 1 saturated heterocycles. The molecule has 0 aromatic rings. The molecule has 68 valence electrons. The molecule has 1 heterocycles. The van der Waals surface area contributed by atoms with Crippen LogP contribution in [0.4, 0.5) is 0 Å². The minimum Gasteiger partial charge on any atom is -0.462 e. The van der Waals surface area contributed by atoms with Gasteiger partial charge >= 0.3 is 5.97 Å². The lowest BCUT2D eigenvalue weighted by molar-refractivity contribution is -0.163. The van der Waals surface area contributed by atoms with Crippen LogP contribution in [-0.2, 0) is 9.53 Å². The summed E-state index contributed by atoms with van der Waals surface area (Å²) >= 11 is 0. The van der Waals surface area contributed by atoms with E-state index in [1.165, 1.54) is 19.3 Å². The Morgan fingerprint density at radius 2 is 2.42 bits per heavy atom. The van der Waals surface area contributed by atoms with E-state index in [-0.39, 0.29) is 12.1 Å². The van der Waals surface area contributed by atoms with E-state index in [0.29, 0.717) is 11.8 Å². The van der Waals surface area contributed by atoms with E-state index >= 15 is 0 Å². The Bertz CT molecular complexity index is 200. The normalized spacial score (nSPS) is 40.8. The van der Waals surface area contributed by atoms with Crippen LogP contribution < -0.4 is 0 Å². The zero-order valence-electron chi connectivity index (χ0n) is 7.64. The maximum Gasteiger partial charge on any atom is 0.306 e. The SMILES string of the molecule is CC[C@]12CCC[C@H]1OC(=O)CC2. The molecule has 12 heavy (non-hydrogen) atoms. The summed E-state index contributed by atoms with van der Waals surface area (Å²) in [5.74, 6) is 0.0194. The topological polar surface area (TPSA) is 26.3 Å². The van der Waals surface area contributed by atoms with Crippen molar-refractivity contribution in [2.75, 3.05) is 0 Å². The zero-order valence-corrected chi connectivity index (χ0v) is 7.64. The van der Waals surface area contributed by atoms with Crippen molar-refractivity contribution in [3.05, 3.63) is 0 Å². The van der Waals surface area contributed by atoms with Gasteiger partial charge in [0.2, 0.25) is 0 Å². The number of hydrogen-bond donors (Lipinski definition) is 0. The van der Waals surface area contributed by atoms with Gasteiger partial charge in [0.05, 0.1) is 0 Å². The van der Waals surface area contributed by atoms with Crippen molar-refractivity contribution in [3.63, 3.8) is 0 Å². The number of fused-ring (bicyclic) bond motifs is 1.